The Balaban J connectivity index is 2.10. The molecule has 0 bridgehead atoms. The number of halogens is 1. The molecule has 0 spiro atoms. The number of nitrogens with one attached hydrogen (secondary N) is 1. The molecule has 1 fully saturated rings. The normalized spacial score (nSPS) is 16.3. The maximum Gasteiger partial charge on any atom is 0.264 e. The van der Waals surface area contributed by atoms with Gasteiger partial charge in [0.25, 0.3) is 5.56 Å². The SMILES string of the molecule is O=c1[nH]c(-c2cccs2)nc(C2CCCC2)c1I. The molecule has 0 atom stereocenters. The third kappa shape index (κ3) is 2.25. The van der Waals surface area contributed by atoms with Crippen molar-refractivity contribution in [2.75, 3.05) is 0 Å². The van der Waals surface area contributed by atoms with Crippen LogP contribution in [-0.4, -0.2) is 9.97 Å². The van der Waals surface area contributed by atoms with E-state index in [2.05, 4.69) is 27.6 Å². The second-order valence-electron chi connectivity index (χ2n) is 4.57. The average Bonchev–Trinajstić information content (AvgIpc) is 3.03. The van der Waals surface area contributed by atoms with Crippen LogP contribution < -0.4 is 5.56 Å². The smallest absolute Gasteiger partial charge is 0.264 e. The fourth-order valence-corrected chi connectivity index (χ4v) is 3.84. The molecule has 0 unspecified atom stereocenters. The van der Waals surface area contributed by atoms with Crippen LogP contribution in [0, 0.1) is 3.57 Å². The van der Waals surface area contributed by atoms with E-state index in [9.17, 15) is 4.79 Å². The molecule has 1 N–H and O–H groups in total. The molecule has 1 saturated carbocycles. The monoisotopic (exact) mass is 372 g/mol. The minimum atomic E-state index is -0.00380. The van der Waals surface area contributed by atoms with E-state index in [0.717, 1.165) is 32.8 Å². The molecule has 2 heterocycles. The second-order valence-corrected chi connectivity index (χ2v) is 6.60. The lowest BCUT2D eigenvalue weighted by molar-refractivity contribution is 0.688. The summed E-state index contributed by atoms with van der Waals surface area (Å²) >= 11 is 3.73. The summed E-state index contributed by atoms with van der Waals surface area (Å²) in [4.78, 5) is 20.6. The Kier molecular flexibility index (Phi) is 3.52. The molecule has 3 nitrogen and oxygen atoms in total. The number of nitrogens with zero attached hydrogens (tertiary/aromatic N) is 1. The van der Waals surface area contributed by atoms with Crippen LogP contribution in [0.15, 0.2) is 22.3 Å². The van der Waals surface area contributed by atoms with Crippen molar-refractivity contribution < 1.29 is 0 Å². The number of aromatic amines is 1. The number of rotatable bonds is 2. The van der Waals surface area contributed by atoms with Gasteiger partial charge >= 0.3 is 0 Å². The van der Waals surface area contributed by atoms with Gasteiger partial charge in [0.2, 0.25) is 0 Å². The van der Waals surface area contributed by atoms with Crippen LogP contribution in [0.4, 0.5) is 0 Å². The Morgan fingerprint density at radius 1 is 1.39 bits per heavy atom. The molecule has 2 aromatic rings. The van der Waals surface area contributed by atoms with Crippen molar-refractivity contribution in [3.63, 3.8) is 0 Å². The zero-order valence-corrected chi connectivity index (χ0v) is 12.8. The highest BCUT2D eigenvalue weighted by Gasteiger charge is 2.23. The van der Waals surface area contributed by atoms with Gasteiger partial charge in [0.1, 0.15) is 3.57 Å². The molecule has 1 aliphatic rings. The zero-order valence-electron chi connectivity index (χ0n) is 9.78. The number of hydrogen-bond donors (Lipinski definition) is 1. The van der Waals surface area contributed by atoms with Crippen LogP contribution in [0.5, 0.6) is 0 Å². The largest absolute Gasteiger partial charge is 0.305 e. The quantitative estimate of drug-likeness (QED) is 0.816. The fraction of sp³-hybridized carbons (Fsp3) is 0.385. The highest BCUT2D eigenvalue weighted by atomic mass is 127. The van der Waals surface area contributed by atoms with Crippen LogP contribution >= 0.6 is 33.9 Å². The van der Waals surface area contributed by atoms with E-state index in [1.165, 1.54) is 12.8 Å². The van der Waals surface area contributed by atoms with Gasteiger partial charge < -0.3 is 4.98 Å². The van der Waals surface area contributed by atoms with Crippen molar-refractivity contribution >= 4 is 33.9 Å². The predicted octanol–water partition coefficient (Wildman–Crippen LogP) is 3.76. The molecular weight excluding hydrogens is 359 g/mol. The second kappa shape index (κ2) is 5.13. The Hall–Kier alpha value is -0.690. The molecule has 1 aliphatic carbocycles. The lowest BCUT2D eigenvalue weighted by Crippen LogP contribution is -2.17. The van der Waals surface area contributed by atoms with E-state index in [0.29, 0.717) is 5.92 Å². The fourth-order valence-electron chi connectivity index (χ4n) is 2.48. The molecule has 94 valence electrons. The van der Waals surface area contributed by atoms with E-state index in [1.807, 2.05) is 17.5 Å². The van der Waals surface area contributed by atoms with Gasteiger partial charge in [0.05, 0.1) is 10.6 Å². The first kappa shape index (κ1) is 12.3. The summed E-state index contributed by atoms with van der Waals surface area (Å²) < 4.78 is 0.764. The molecule has 2 aromatic heterocycles. The van der Waals surface area contributed by atoms with Gasteiger partial charge in [-0.1, -0.05) is 18.9 Å². The summed E-state index contributed by atoms with van der Waals surface area (Å²) in [6.45, 7) is 0. The van der Waals surface area contributed by atoms with Gasteiger partial charge in [0.15, 0.2) is 5.82 Å². The molecule has 3 rings (SSSR count). The lowest BCUT2D eigenvalue weighted by atomic mass is 10.0. The van der Waals surface area contributed by atoms with Crippen molar-refractivity contribution in [1.82, 2.24) is 9.97 Å². The summed E-state index contributed by atoms with van der Waals surface area (Å²) in [5.74, 6) is 1.19. The summed E-state index contributed by atoms with van der Waals surface area (Å²) in [6, 6.07) is 3.97. The third-order valence-corrected chi connectivity index (χ3v) is 5.30. The van der Waals surface area contributed by atoms with Crippen molar-refractivity contribution in [3.05, 3.63) is 37.1 Å². The van der Waals surface area contributed by atoms with E-state index >= 15 is 0 Å². The van der Waals surface area contributed by atoms with Crippen molar-refractivity contribution in [3.8, 4) is 10.7 Å². The molecular formula is C13H13IN2OS. The van der Waals surface area contributed by atoms with Crippen LogP contribution in [0.3, 0.4) is 0 Å². The molecule has 18 heavy (non-hydrogen) atoms. The maximum absolute atomic E-state index is 12.0. The van der Waals surface area contributed by atoms with Gasteiger partial charge in [-0.2, -0.15) is 0 Å². The zero-order chi connectivity index (χ0) is 12.5. The Labute approximate surface area is 123 Å². The van der Waals surface area contributed by atoms with Crippen LogP contribution in [-0.2, 0) is 0 Å². The summed E-state index contributed by atoms with van der Waals surface area (Å²) in [5.41, 5.74) is 0.996. The Bertz CT molecular complexity index is 600. The standard InChI is InChI=1S/C13H13IN2OS/c14-10-11(8-4-1-2-5-8)15-12(16-13(10)17)9-6-3-7-18-9/h3,6-8H,1-2,4-5H2,(H,15,16,17). The Morgan fingerprint density at radius 2 is 2.17 bits per heavy atom. The summed E-state index contributed by atoms with van der Waals surface area (Å²) in [5, 5.41) is 2.00. The summed E-state index contributed by atoms with van der Waals surface area (Å²) in [6.07, 6.45) is 4.83. The van der Waals surface area contributed by atoms with Crippen molar-refractivity contribution in [1.29, 1.82) is 0 Å². The van der Waals surface area contributed by atoms with E-state index in [-0.39, 0.29) is 5.56 Å². The predicted molar refractivity (Wildman–Crippen MR) is 82.1 cm³/mol. The van der Waals surface area contributed by atoms with Crippen LogP contribution in [0.25, 0.3) is 10.7 Å². The lowest BCUT2D eigenvalue weighted by Gasteiger charge is -2.11. The molecule has 5 heteroatoms. The topological polar surface area (TPSA) is 45.8 Å². The van der Waals surface area contributed by atoms with Gasteiger partial charge in [-0.05, 0) is 46.9 Å². The van der Waals surface area contributed by atoms with Gasteiger partial charge in [-0.3, -0.25) is 4.79 Å². The summed E-state index contributed by atoms with van der Waals surface area (Å²) in [7, 11) is 0. The first-order valence-electron chi connectivity index (χ1n) is 6.09. The average molecular weight is 372 g/mol. The van der Waals surface area contributed by atoms with Gasteiger partial charge in [-0.15, -0.1) is 11.3 Å². The first-order chi connectivity index (χ1) is 8.75. The molecule has 0 aliphatic heterocycles. The van der Waals surface area contributed by atoms with E-state index < -0.39 is 0 Å². The van der Waals surface area contributed by atoms with Crippen LogP contribution in [0.2, 0.25) is 0 Å². The van der Waals surface area contributed by atoms with Crippen LogP contribution in [0.1, 0.15) is 37.3 Å². The Morgan fingerprint density at radius 3 is 2.83 bits per heavy atom. The number of H-pyrrole nitrogens is 1. The minimum absolute atomic E-state index is 0.00380. The molecule has 0 aromatic carbocycles. The highest BCUT2D eigenvalue weighted by Crippen LogP contribution is 2.35. The minimum Gasteiger partial charge on any atom is -0.305 e. The number of thiophene rings is 1. The number of hydrogen-bond acceptors (Lipinski definition) is 3. The highest BCUT2D eigenvalue weighted by molar-refractivity contribution is 14.1. The van der Waals surface area contributed by atoms with Crippen molar-refractivity contribution in [2.24, 2.45) is 0 Å². The number of aromatic nitrogens is 2. The maximum atomic E-state index is 12.0. The van der Waals surface area contributed by atoms with Gasteiger partial charge in [-0.25, -0.2) is 4.98 Å². The molecule has 0 saturated heterocycles. The van der Waals surface area contributed by atoms with Gasteiger partial charge in [0, 0.05) is 5.92 Å². The van der Waals surface area contributed by atoms with E-state index in [1.54, 1.807) is 11.3 Å². The van der Waals surface area contributed by atoms with E-state index in [4.69, 9.17) is 4.98 Å². The molecule has 0 amide bonds. The van der Waals surface area contributed by atoms with Crippen molar-refractivity contribution in [2.45, 2.75) is 31.6 Å². The third-order valence-electron chi connectivity index (χ3n) is 3.38. The first-order valence-corrected chi connectivity index (χ1v) is 8.05. The molecule has 0 radical (unpaired) electrons.